The van der Waals surface area contributed by atoms with E-state index in [-0.39, 0.29) is 18.0 Å². The van der Waals surface area contributed by atoms with Gasteiger partial charge in [-0.1, -0.05) is 42.1 Å². The molecule has 8 heteroatoms. The number of thioether (sulfide) groups is 1. The Bertz CT molecular complexity index is 1100. The molecule has 1 aromatic heterocycles. The maximum Gasteiger partial charge on any atom is 0.237 e. The molecule has 30 heavy (non-hydrogen) atoms. The first-order chi connectivity index (χ1) is 14.6. The van der Waals surface area contributed by atoms with Gasteiger partial charge >= 0.3 is 0 Å². The third-order valence-electron chi connectivity index (χ3n) is 4.71. The number of rotatable bonds is 7. The van der Waals surface area contributed by atoms with Gasteiger partial charge in [0.1, 0.15) is 0 Å². The summed E-state index contributed by atoms with van der Waals surface area (Å²) in [5.74, 6) is 1.93. The van der Waals surface area contributed by atoms with Crippen LogP contribution in [0, 0.1) is 6.92 Å². The normalized spacial score (nSPS) is 13.1. The van der Waals surface area contributed by atoms with Crippen LogP contribution >= 0.6 is 11.8 Å². The lowest BCUT2D eigenvalue weighted by atomic mass is 10.1. The minimum absolute atomic E-state index is 0.135. The average Bonchev–Trinajstić information content (AvgIpc) is 3.35. The van der Waals surface area contributed by atoms with Crippen molar-refractivity contribution in [2.24, 2.45) is 0 Å². The van der Waals surface area contributed by atoms with E-state index in [2.05, 4.69) is 22.1 Å². The minimum Gasteiger partial charge on any atom is -0.454 e. The van der Waals surface area contributed by atoms with Gasteiger partial charge in [0.15, 0.2) is 22.5 Å². The fourth-order valence-electron chi connectivity index (χ4n) is 3.12. The molecule has 1 aliphatic rings. The van der Waals surface area contributed by atoms with Crippen LogP contribution < -0.4 is 14.8 Å². The predicted octanol–water partition coefficient (Wildman–Crippen LogP) is 4.29. The number of hydrogen-bond donors (Lipinski definition) is 1. The molecule has 2 heterocycles. The Balaban J connectivity index is 1.51. The fraction of sp³-hybridized carbons (Fsp3) is 0.227. The van der Waals surface area contributed by atoms with Gasteiger partial charge in [0.2, 0.25) is 12.7 Å². The molecule has 7 nitrogen and oxygen atoms in total. The molecule has 3 aromatic rings. The highest BCUT2D eigenvalue weighted by Gasteiger charge is 2.22. The molecule has 1 amide bonds. The largest absolute Gasteiger partial charge is 0.454 e. The summed E-state index contributed by atoms with van der Waals surface area (Å²) < 4.78 is 12.6. The number of nitrogens with one attached hydrogen (secondary N) is 1. The molecule has 0 unspecified atom stereocenters. The first kappa shape index (κ1) is 20.0. The molecule has 0 fully saturated rings. The molecule has 0 aliphatic carbocycles. The Morgan fingerprint density at radius 2 is 2.07 bits per heavy atom. The number of benzene rings is 2. The highest BCUT2D eigenvalue weighted by atomic mass is 32.2. The molecular formula is C22H22N4O3S. The maximum absolute atomic E-state index is 12.7. The molecule has 0 bridgehead atoms. The summed E-state index contributed by atoms with van der Waals surface area (Å²) in [4.78, 5) is 12.7. The molecule has 2 aromatic carbocycles. The van der Waals surface area contributed by atoms with Crippen LogP contribution in [0.4, 0.5) is 5.69 Å². The quantitative estimate of drug-likeness (QED) is 0.452. The van der Waals surface area contributed by atoms with Gasteiger partial charge in [-0.2, -0.15) is 0 Å². The molecule has 1 N–H and O–H groups in total. The van der Waals surface area contributed by atoms with Crippen molar-refractivity contribution in [3.05, 3.63) is 60.7 Å². The monoisotopic (exact) mass is 422 g/mol. The van der Waals surface area contributed by atoms with Crippen molar-refractivity contribution >= 4 is 23.4 Å². The van der Waals surface area contributed by atoms with Gasteiger partial charge in [-0.05, 0) is 31.5 Å². The van der Waals surface area contributed by atoms with Crippen LogP contribution in [0.15, 0.2) is 60.3 Å². The second kappa shape index (κ2) is 8.62. The molecular weight excluding hydrogens is 400 g/mol. The van der Waals surface area contributed by atoms with Gasteiger partial charge < -0.3 is 14.8 Å². The van der Waals surface area contributed by atoms with E-state index in [0.717, 1.165) is 17.0 Å². The zero-order valence-electron chi connectivity index (χ0n) is 16.8. The van der Waals surface area contributed by atoms with Gasteiger partial charge in [-0.3, -0.25) is 9.36 Å². The Hall–Kier alpha value is -3.26. The Morgan fingerprint density at radius 1 is 1.27 bits per heavy atom. The molecule has 1 aliphatic heterocycles. The van der Waals surface area contributed by atoms with Crippen molar-refractivity contribution in [2.75, 3.05) is 12.1 Å². The zero-order valence-corrected chi connectivity index (χ0v) is 17.6. The van der Waals surface area contributed by atoms with E-state index in [1.54, 1.807) is 24.3 Å². The fourth-order valence-corrected chi connectivity index (χ4v) is 3.98. The zero-order chi connectivity index (χ0) is 21.1. The number of hydrogen-bond acceptors (Lipinski definition) is 6. The Morgan fingerprint density at radius 3 is 2.87 bits per heavy atom. The second-order valence-corrected chi connectivity index (χ2v) is 8.15. The SMILES string of the molecule is C=CCn1c(S[C@@H](C)C(=O)Nc2ccc3c(c2)OCO3)nnc1-c1ccccc1C. The van der Waals surface area contributed by atoms with Crippen LogP contribution in [0.5, 0.6) is 11.5 Å². The van der Waals surface area contributed by atoms with E-state index in [4.69, 9.17) is 9.47 Å². The molecule has 4 rings (SSSR count). The highest BCUT2D eigenvalue weighted by Crippen LogP contribution is 2.35. The van der Waals surface area contributed by atoms with Crippen LogP contribution in [0.3, 0.4) is 0 Å². The number of amides is 1. The van der Waals surface area contributed by atoms with E-state index < -0.39 is 0 Å². The summed E-state index contributed by atoms with van der Waals surface area (Å²) in [7, 11) is 0. The number of carbonyl (C=O) groups excluding carboxylic acids is 1. The maximum atomic E-state index is 12.7. The van der Waals surface area contributed by atoms with E-state index >= 15 is 0 Å². The van der Waals surface area contributed by atoms with Crippen molar-refractivity contribution in [3.8, 4) is 22.9 Å². The number of fused-ring (bicyclic) bond motifs is 1. The van der Waals surface area contributed by atoms with Crippen molar-refractivity contribution in [1.29, 1.82) is 0 Å². The minimum atomic E-state index is -0.382. The summed E-state index contributed by atoms with van der Waals surface area (Å²) in [6.07, 6.45) is 1.80. The molecule has 0 spiro atoms. The van der Waals surface area contributed by atoms with Crippen LogP contribution in [0.2, 0.25) is 0 Å². The third-order valence-corrected chi connectivity index (χ3v) is 5.79. The van der Waals surface area contributed by atoms with Gasteiger partial charge in [-0.15, -0.1) is 16.8 Å². The lowest BCUT2D eigenvalue weighted by molar-refractivity contribution is -0.115. The Labute approximate surface area is 179 Å². The van der Waals surface area contributed by atoms with Gasteiger partial charge in [0, 0.05) is 23.9 Å². The number of aryl methyl sites for hydroxylation is 1. The van der Waals surface area contributed by atoms with Crippen molar-refractivity contribution in [2.45, 2.75) is 30.8 Å². The van der Waals surface area contributed by atoms with E-state index in [9.17, 15) is 4.79 Å². The summed E-state index contributed by atoms with van der Waals surface area (Å²) in [6.45, 7) is 8.47. The van der Waals surface area contributed by atoms with Crippen LogP contribution in [0.1, 0.15) is 12.5 Å². The molecule has 154 valence electrons. The molecule has 0 radical (unpaired) electrons. The summed E-state index contributed by atoms with van der Waals surface area (Å²) in [5.41, 5.74) is 2.78. The lowest BCUT2D eigenvalue weighted by Gasteiger charge is -2.13. The number of aromatic nitrogens is 3. The third kappa shape index (κ3) is 4.04. The van der Waals surface area contributed by atoms with Crippen LogP contribution in [0.25, 0.3) is 11.4 Å². The molecule has 1 atom stereocenters. The van der Waals surface area contributed by atoms with Crippen molar-refractivity contribution in [3.63, 3.8) is 0 Å². The predicted molar refractivity (Wildman–Crippen MR) is 117 cm³/mol. The van der Waals surface area contributed by atoms with E-state index in [1.165, 1.54) is 11.8 Å². The number of ether oxygens (including phenoxy) is 2. The van der Waals surface area contributed by atoms with Gasteiger partial charge in [-0.25, -0.2) is 0 Å². The smallest absolute Gasteiger partial charge is 0.237 e. The Kier molecular flexibility index (Phi) is 5.76. The van der Waals surface area contributed by atoms with Crippen molar-refractivity contribution in [1.82, 2.24) is 14.8 Å². The number of carbonyl (C=O) groups is 1. The average molecular weight is 423 g/mol. The van der Waals surface area contributed by atoms with Crippen LogP contribution in [-0.4, -0.2) is 32.7 Å². The van der Waals surface area contributed by atoms with Crippen molar-refractivity contribution < 1.29 is 14.3 Å². The number of allylic oxidation sites excluding steroid dienone is 1. The second-order valence-electron chi connectivity index (χ2n) is 6.84. The topological polar surface area (TPSA) is 78.3 Å². The first-order valence-electron chi connectivity index (χ1n) is 9.54. The number of nitrogens with zero attached hydrogens (tertiary/aromatic N) is 3. The highest BCUT2D eigenvalue weighted by molar-refractivity contribution is 8.00. The molecule has 0 saturated heterocycles. The summed E-state index contributed by atoms with van der Waals surface area (Å²) >= 11 is 1.36. The van der Waals surface area contributed by atoms with Crippen LogP contribution in [-0.2, 0) is 11.3 Å². The van der Waals surface area contributed by atoms with Gasteiger partial charge in [0.05, 0.1) is 5.25 Å². The lowest BCUT2D eigenvalue weighted by Crippen LogP contribution is -2.23. The first-order valence-corrected chi connectivity index (χ1v) is 10.4. The van der Waals surface area contributed by atoms with E-state index in [1.807, 2.05) is 42.7 Å². The van der Waals surface area contributed by atoms with E-state index in [0.29, 0.717) is 28.9 Å². The molecule has 0 saturated carbocycles. The standard InChI is InChI=1S/C22H22N4O3S/c1-4-11-26-20(17-8-6-5-7-14(17)2)24-25-22(26)30-15(3)21(27)23-16-9-10-18-19(12-16)29-13-28-18/h4-10,12,15H,1,11,13H2,2-3H3,(H,23,27)/t15-/m0/s1. The summed E-state index contributed by atoms with van der Waals surface area (Å²) in [6, 6.07) is 13.4. The van der Waals surface area contributed by atoms with Gasteiger partial charge in [0.25, 0.3) is 0 Å². The summed E-state index contributed by atoms with van der Waals surface area (Å²) in [5, 5.41) is 11.9. The number of anilines is 1.